The lowest BCUT2D eigenvalue weighted by Gasteiger charge is -2.21. The summed E-state index contributed by atoms with van der Waals surface area (Å²) >= 11 is 0. The van der Waals surface area contributed by atoms with Crippen molar-refractivity contribution in [2.45, 2.75) is 25.9 Å². The monoisotopic (exact) mass is 172 g/mol. The standard InChI is InChI=1S/C6H8F4O/c1-3-4(2)5(7,8)6(9,10)11/h3,11H,1-2H3/b4-3+. The SMILES string of the molecule is C/C=C(\C)C(F)(F)C(O)(F)F. The van der Waals surface area contributed by atoms with Crippen molar-refractivity contribution in [2.75, 3.05) is 0 Å². The van der Waals surface area contributed by atoms with Crippen LogP contribution in [0.2, 0.25) is 0 Å². The van der Waals surface area contributed by atoms with Gasteiger partial charge in [-0.2, -0.15) is 17.6 Å². The highest BCUT2D eigenvalue weighted by Gasteiger charge is 2.56. The Balaban J connectivity index is 4.74. The van der Waals surface area contributed by atoms with Crippen molar-refractivity contribution >= 4 is 0 Å². The number of hydrogen-bond donors (Lipinski definition) is 1. The molecule has 1 nitrogen and oxygen atoms in total. The van der Waals surface area contributed by atoms with E-state index >= 15 is 0 Å². The summed E-state index contributed by atoms with van der Waals surface area (Å²) in [5.74, 6) is -4.47. The van der Waals surface area contributed by atoms with E-state index in [9.17, 15) is 17.6 Å². The van der Waals surface area contributed by atoms with Crippen molar-refractivity contribution in [3.63, 3.8) is 0 Å². The molecule has 0 aliphatic heterocycles. The normalized spacial score (nSPS) is 15.4. The van der Waals surface area contributed by atoms with Gasteiger partial charge in [0.2, 0.25) is 0 Å². The molecule has 0 spiro atoms. The van der Waals surface area contributed by atoms with Crippen LogP contribution in [-0.4, -0.2) is 17.1 Å². The first kappa shape index (κ1) is 10.4. The highest BCUT2D eigenvalue weighted by Crippen LogP contribution is 2.37. The van der Waals surface area contributed by atoms with Crippen LogP contribution in [0.15, 0.2) is 11.6 Å². The summed E-state index contributed by atoms with van der Waals surface area (Å²) in [6, 6.07) is 0. The van der Waals surface area contributed by atoms with Gasteiger partial charge < -0.3 is 5.11 Å². The van der Waals surface area contributed by atoms with Gasteiger partial charge in [-0.05, 0) is 13.8 Å². The van der Waals surface area contributed by atoms with Gasteiger partial charge >= 0.3 is 12.0 Å². The molecule has 0 radical (unpaired) electrons. The van der Waals surface area contributed by atoms with Crippen LogP contribution in [0.3, 0.4) is 0 Å². The molecule has 0 heterocycles. The minimum atomic E-state index is -4.98. The third kappa shape index (κ3) is 1.92. The molecule has 0 saturated heterocycles. The number of rotatable bonds is 2. The van der Waals surface area contributed by atoms with E-state index in [1.807, 2.05) is 0 Å². The maximum absolute atomic E-state index is 12.3. The Labute approximate surface area is 61.3 Å². The number of hydrogen-bond acceptors (Lipinski definition) is 1. The van der Waals surface area contributed by atoms with Gasteiger partial charge in [-0.1, -0.05) is 6.08 Å². The molecule has 1 N–H and O–H groups in total. The lowest BCUT2D eigenvalue weighted by atomic mass is 10.1. The second kappa shape index (κ2) is 2.81. The number of halogens is 4. The van der Waals surface area contributed by atoms with Crippen molar-refractivity contribution in [1.29, 1.82) is 0 Å². The van der Waals surface area contributed by atoms with Gasteiger partial charge in [0.25, 0.3) is 0 Å². The first-order valence-corrected chi connectivity index (χ1v) is 2.85. The third-order valence-electron chi connectivity index (χ3n) is 1.31. The van der Waals surface area contributed by atoms with Crippen LogP contribution in [-0.2, 0) is 0 Å². The van der Waals surface area contributed by atoms with Crippen LogP contribution >= 0.6 is 0 Å². The van der Waals surface area contributed by atoms with E-state index in [1.165, 1.54) is 6.92 Å². The summed E-state index contributed by atoms with van der Waals surface area (Å²) in [7, 11) is 0. The van der Waals surface area contributed by atoms with Crippen LogP contribution in [0, 0.1) is 0 Å². The molecule has 0 amide bonds. The largest absolute Gasteiger partial charge is 0.421 e. The Morgan fingerprint density at radius 2 is 1.64 bits per heavy atom. The Kier molecular flexibility index (Phi) is 2.66. The molecular formula is C6H8F4O. The van der Waals surface area contributed by atoms with Crippen LogP contribution in [0.5, 0.6) is 0 Å². The molecular weight excluding hydrogens is 164 g/mol. The predicted molar refractivity (Wildman–Crippen MR) is 31.5 cm³/mol. The summed E-state index contributed by atoms with van der Waals surface area (Å²) in [6.07, 6.45) is -4.16. The molecule has 11 heavy (non-hydrogen) atoms. The molecule has 0 rings (SSSR count). The molecule has 0 saturated carbocycles. The van der Waals surface area contributed by atoms with Gasteiger partial charge in [0.15, 0.2) is 0 Å². The second-order valence-electron chi connectivity index (χ2n) is 2.09. The highest BCUT2D eigenvalue weighted by atomic mass is 19.3. The van der Waals surface area contributed by atoms with Gasteiger partial charge in [-0.3, -0.25) is 0 Å². The first-order valence-electron chi connectivity index (χ1n) is 2.85. The molecule has 0 aliphatic rings. The van der Waals surface area contributed by atoms with Crippen LogP contribution in [0.4, 0.5) is 17.6 Å². The number of aliphatic hydroxyl groups is 1. The molecule has 0 unspecified atom stereocenters. The van der Waals surface area contributed by atoms with Crippen LogP contribution in [0.1, 0.15) is 13.8 Å². The fourth-order valence-corrected chi connectivity index (χ4v) is 0.418. The van der Waals surface area contributed by atoms with E-state index < -0.39 is 17.6 Å². The van der Waals surface area contributed by atoms with E-state index in [1.54, 1.807) is 0 Å². The zero-order valence-corrected chi connectivity index (χ0v) is 6.04. The topological polar surface area (TPSA) is 20.2 Å². The van der Waals surface area contributed by atoms with E-state index in [-0.39, 0.29) is 0 Å². The maximum atomic E-state index is 12.3. The van der Waals surface area contributed by atoms with E-state index in [4.69, 9.17) is 5.11 Å². The van der Waals surface area contributed by atoms with Gasteiger partial charge in [0, 0.05) is 5.57 Å². The summed E-state index contributed by atoms with van der Waals surface area (Å²) < 4.78 is 47.9. The van der Waals surface area contributed by atoms with Crippen molar-refractivity contribution < 1.29 is 22.7 Å². The molecule has 0 aromatic carbocycles. The Hall–Kier alpha value is -0.580. The molecule has 0 fully saturated rings. The zero-order chi connectivity index (χ0) is 9.28. The average Bonchev–Trinajstić information content (AvgIpc) is 1.83. The minimum Gasteiger partial charge on any atom is -0.331 e. The van der Waals surface area contributed by atoms with Crippen molar-refractivity contribution in [2.24, 2.45) is 0 Å². The van der Waals surface area contributed by atoms with Gasteiger partial charge in [-0.15, -0.1) is 0 Å². The number of allylic oxidation sites excluding steroid dienone is 1. The lowest BCUT2D eigenvalue weighted by molar-refractivity contribution is -0.310. The van der Waals surface area contributed by atoms with Gasteiger partial charge in [0.1, 0.15) is 0 Å². The van der Waals surface area contributed by atoms with Crippen LogP contribution < -0.4 is 0 Å². The molecule has 0 aromatic rings. The summed E-state index contributed by atoms with van der Waals surface area (Å²) in [5.41, 5.74) is -0.856. The quantitative estimate of drug-likeness (QED) is 0.500. The minimum absolute atomic E-state index is 0.824. The zero-order valence-electron chi connectivity index (χ0n) is 6.04. The van der Waals surface area contributed by atoms with Crippen molar-refractivity contribution in [3.8, 4) is 0 Å². The smallest absolute Gasteiger partial charge is 0.331 e. The lowest BCUT2D eigenvalue weighted by Crippen LogP contribution is -2.41. The third-order valence-corrected chi connectivity index (χ3v) is 1.31. The van der Waals surface area contributed by atoms with Crippen molar-refractivity contribution in [3.05, 3.63) is 11.6 Å². The molecule has 0 atom stereocenters. The maximum Gasteiger partial charge on any atom is 0.421 e. The van der Waals surface area contributed by atoms with E-state index in [0.29, 0.717) is 0 Å². The van der Waals surface area contributed by atoms with Gasteiger partial charge in [-0.25, -0.2) is 0 Å². The molecule has 5 heteroatoms. The summed E-state index contributed by atoms with van der Waals surface area (Å²) in [4.78, 5) is 0. The Morgan fingerprint density at radius 3 is 1.73 bits per heavy atom. The molecule has 66 valence electrons. The predicted octanol–water partition coefficient (Wildman–Crippen LogP) is 2.17. The fraction of sp³-hybridized carbons (Fsp3) is 0.667. The van der Waals surface area contributed by atoms with E-state index in [2.05, 4.69) is 0 Å². The molecule has 0 aromatic heterocycles. The van der Waals surface area contributed by atoms with E-state index in [0.717, 1.165) is 13.0 Å². The second-order valence-corrected chi connectivity index (χ2v) is 2.09. The average molecular weight is 172 g/mol. The van der Waals surface area contributed by atoms with Gasteiger partial charge in [0.05, 0.1) is 0 Å². The Morgan fingerprint density at radius 1 is 1.27 bits per heavy atom. The number of alkyl halides is 4. The summed E-state index contributed by atoms with van der Waals surface area (Å²) in [5, 5.41) is 7.72. The Bertz CT molecular complexity index is 168. The fourth-order valence-electron chi connectivity index (χ4n) is 0.418. The molecule has 0 bridgehead atoms. The molecule has 0 aliphatic carbocycles. The van der Waals surface area contributed by atoms with Crippen molar-refractivity contribution in [1.82, 2.24) is 0 Å². The van der Waals surface area contributed by atoms with Crippen LogP contribution in [0.25, 0.3) is 0 Å². The summed E-state index contributed by atoms with van der Waals surface area (Å²) in [6.45, 7) is 2.01. The highest BCUT2D eigenvalue weighted by molar-refractivity contribution is 5.11. The first-order chi connectivity index (χ1) is 4.73.